The molecule has 4 nitrogen and oxygen atoms in total. The van der Waals surface area contributed by atoms with Gasteiger partial charge in [-0.25, -0.2) is 9.24 Å². The zero-order valence-corrected chi connectivity index (χ0v) is 8.08. The number of hydrogen-bond donors (Lipinski definition) is 2. The van der Waals surface area contributed by atoms with E-state index in [1.807, 2.05) is 13.8 Å². The molecule has 0 aromatic carbocycles. The largest absolute Gasteiger partial charge is 0.402 e. The van der Waals surface area contributed by atoms with Crippen LogP contribution in [0.5, 0.6) is 0 Å². The molecule has 0 heterocycles. The Balaban J connectivity index is 4.02. The summed E-state index contributed by atoms with van der Waals surface area (Å²) in [6, 6.07) is -0.0548. The molecule has 68 valence electrons. The molecule has 0 radical (unpaired) electrons. The summed E-state index contributed by atoms with van der Waals surface area (Å²) < 4.78 is 11.8. The van der Waals surface area contributed by atoms with E-state index in [0.29, 0.717) is 0 Å². The van der Waals surface area contributed by atoms with Gasteiger partial charge in [0, 0.05) is 6.04 Å². The Labute approximate surface area is 67.4 Å². The van der Waals surface area contributed by atoms with Crippen molar-refractivity contribution in [1.29, 1.82) is 0 Å². The third-order valence-corrected chi connectivity index (χ3v) is 2.97. The molecule has 0 aromatic heterocycles. The highest BCUT2D eigenvalue weighted by Crippen LogP contribution is 2.40. The summed E-state index contributed by atoms with van der Waals surface area (Å²) in [7, 11) is -2.56. The number of nitrogens with zero attached hydrogens (tertiary/aromatic N) is 1. The van der Waals surface area contributed by atoms with Crippen molar-refractivity contribution in [3.8, 4) is 0 Å². The molecule has 1 unspecified atom stereocenters. The highest BCUT2D eigenvalue weighted by molar-refractivity contribution is 7.49. The minimum Gasteiger partial charge on any atom is -0.312 e. The van der Waals surface area contributed by atoms with Crippen molar-refractivity contribution in [2.45, 2.75) is 32.7 Å². The molecule has 0 saturated carbocycles. The first-order valence-corrected chi connectivity index (χ1v) is 5.25. The summed E-state index contributed by atoms with van der Waals surface area (Å²) in [6.45, 7) is 3.80. The number of rotatable bonds is 4. The van der Waals surface area contributed by atoms with E-state index in [2.05, 4.69) is 0 Å². The fourth-order valence-corrected chi connectivity index (χ4v) is 1.49. The molecular formula is C6H16NO3P. The van der Waals surface area contributed by atoms with Crippen LogP contribution >= 0.6 is 7.75 Å². The van der Waals surface area contributed by atoms with Crippen molar-refractivity contribution in [2.75, 3.05) is 7.05 Å². The van der Waals surface area contributed by atoms with Gasteiger partial charge in [0.1, 0.15) is 0 Å². The average molecular weight is 181 g/mol. The molecule has 5 heteroatoms. The first-order chi connectivity index (χ1) is 4.89. The molecule has 0 aliphatic carbocycles. The molecule has 0 saturated heterocycles. The van der Waals surface area contributed by atoms with Gasteiger partial charge in [-0.1, -0.05) is 13.3 Å². The van der Waals surface area contributed by atoms with E-state index < -0.39 is 7.75 Å². The first-order valence-electron chi connectivity index (χ1n) is 3.68. The van der Waals surface area contributed by atoms with Crippen molar-refractivity contribution in [3.05, 3.63) is 0 Å². The maximum atomic E-state index is 10.7. The van der Waals surface area contributed by atoms with Crippen LogP contribution in [0, 0.1) is 0 Å². The Morgan fingerprint density at radius 3 is 2.27 bits per heavy atom. The topological polar surface area (TPSA) is 60.8 Å². The van der Waals surface area contributed by atoms with E-state index in [1.165, 1.54) is 7.05 Å². The van der Waals surface area contributed by atoms with Gasteiger partial charge >= 0.3 is 7.75 Å². The van der Waals surface area contributed by atoms with Crippen LogP contribution in [0.25, 0.3) is 0 Å². The maximum Gasteiger partial charge on any atom is 0.402 e. The predicted molar refractivity (Wildman–Crippen MR) is 44.2 cm³/mol. The normalized spacial score (nSPS) is 15.5. The van der Waals surface area contributed by atoms with Crippen LogP contribution in [-0.2, 0) is 4.57 Å². The van der Waals surface area contributed by atoms with Crippen LogP contribution in [0.1, 0.15) is 26.7 Å². The third kappa shape index (κ3) is 3.87. The van der Waals surface area contributed by atoms with Gasteiger partial charge in [-0.05, 0) is 20.4 Å². The Morgan fingerprint density at radius 2 is 2.00 bits per heavy atom. The third-order valence-electron chi connectivity index (χ3n) is 1.76. The van der Waals surface area contributed by atoms with Crippen LogP contribution in [0.15, 0.2) is 0 Å². The molecule has 11 heavy (non-hydrogen) atoms. The molecule has 0 fully saturated rings. The van der Waals surface area contributed by atoms with E-state index in [9.17, 15) is 4.57 Å². The first kappa shape index (κ1) is 11.1. The van der Waals surface area contributed by atoms with Crippen LogP contribution in [0.3, 0.4) is 0 Å². The zero-order valence-electron chi connectivity index (χ0n) is 7.19. The van der Waals surface area contributed by atoms with Crippen LogP contribution in [0.4, 0.5) is 0 Å². The molecule has 0 bridgehead atoms. The fraction of sp³-hybridized carbons (Fsp3) is 1.00. The predicted octanol–water partition coefficient (Wildman–Crippen LogP) is 1.20. The van der Waals surface area contributed by atoms with Crippen molar-refractivity contribution < 1.29 is 14.4 Å². The summed E-state index contributed by atoms with van der Waals surface area (Å²) >= 11 is 0. The molecule has 1 atom stereocenters. The van der Waals surface area contributed by atoms with Gasteiger partial charge in [0.15, 0.2) is 0 Å². The van der Waals surface area contributed by atoms with Gasteiger partial charge in [0.25, 0.3) is 0 Å². The maximum absolute atomic E-state index is 10.7. The molecule has 0 amide bonds. The molecule has 0 aromatic rings. The average Bonchev–Trinajstić information content (AvgIpc) is 1.85. The summed E-state index contributed by atoms with van der Waals surface area (Å²) in [5.74, 6) is 0. The minimum atomic E-state index is -4.01. The Hall–Kier alpha value is 0.110. The fourth-order valence-electron chi connectivity index (χ4n) is 0.861. The van der Waals surface area contributed by atoms with Crippen LogP contribution < -0.4 is 0 Å². The molecule has 0 aliphatic rings. The lowest BCUT2D eigenvalue weighted by Gasteiger charge is -2.24. The Morgan fingerprint density at radius 1 is 1.55 bits per heavy atom. The second kappa shape index (κ2) is 4.21. The standard InChI is InChI=1S/C6H16NO3P/c1-4-5-6(2)7(3)11(8,9)10/h6H,4-5H2,1-3H3,(H2,8,9,10). The van der Waals surface area contributed by atoms with Crippen molar-refractivity contribution >= 4 is 7.75 Å². The van der Waals surface area contributed by atoms with E-state index in [0.717, 1.165) is 17.5 Å². The highest BCUT2D eigenvalue weighted by Gasteiger charge is 2.24. The van der Waals surface area contributed by atoms with Gasteiger partial charge in [-0.2, -0.15) is 0 Å². The van der Waals surface area contributed by atoms with Gasteiger partial charge < -0.3 is 9.79 Å². The lowest BCUT2D eigenvalue weighted by molar-refractivity contribution is 0.254. The molecule has 0 spiro atoms. The second-order valence-electron chi connectivity index (χ2n) is 2.72. The lowest BCUT2D eigenvalue weighted by Crippen LogP contribution is -2.25. The smallest absolute Gasteiger partial charge is 0.312 e. The van der Waals surface area contributed by atoms with Crippen molar-refractivity contribution in [3.63, 3.8) is 0 Å². The second-order valence-corrected chi connectivity index (χ2v) is 4.38. The molecule has 2 N–H and O–H groups in total. The summed E-state index contributed by atoms with van der Waals surface area (Å²) in [5.41, 5.74) is 0. The molecular weight excluding hydrogens is 165 g/mol. The SMILES string of the molecule is CCCC(C)N(C)P(=O)(O)O. The quantitative estimate of drug-likeness (QED) is 0.640. The van der Waals surface area contributed by atoms with Crippen molar-refractivity contribution in [2.24, 2.45) is 0 Å². The minimum absolute atomic E-state index is 0.0548. The van der Waals surface area contributed by atoms with Gasteiger partial charge in [0.05, 0.1) is 0 Å². The van der Waals surface area contributed by atoms with Crippen LogP contribution in [0.2, 0.25) is 0 Å². The van der Waals surface area contributed by atoms with Crippen LogP contribution in [-0.4, -0.2) is 27.5 Å². The summed E-state index contributed by atoms with van der Waals surface area (Å²) in [5, 5.41) is 0. The monoisotopic (exact) mass is 181 g/mol. The van der Waals surface area contributed by atoms with E-state index in [1.54, 1.807) is 0 Å². The Bertz CT molecular complexity index is 156. The highest BCUT2D eigenvalue weighted by atomic mass is 31.2. The van der Waals surface area contributed by atoms with Gasteiger partial charge in [-0.15, -0.1) is 0 Å². The van der Waals surface area contributed by atoms with Crippen molar-refractivity contribution in [1.82, 2.24) is 4.67 Å². The number of hydrogen-bond acceptors (Lipinski definition) is 1. The van der Waals surface area contributed by atoms with Gasteiger partial charge in [0.2, 0.25) is 0 Å². The van der Waals surface area contributed by atoms with E-state index in [-0.39, 0.29) is 6.04 Å². The molecule has 0 rings (SSSR count). The summed E-state index contributed by atoms with van der Waals surface area (Å²) in [6.07, 6.45) is 1.74. The molecule has 0 aliphatic heterocycles. The van der Waals surface area contributed by atoms with Gasteiger partial charge in [-0.3, -0.25) is 0 Å². The lowest BCUT2D eigenvalue weighted by atomic mass is 10.2. The summed E-state index contributed by atoms with van der Waals surface area (Å²) in [4.78, 5) is 17.4. The zero-order chi connectivity index (χ0) is 9.07. The van der Waals surface area contributed by atoms with E-state index in [4.69, 9.17) is 9.79 Å². The van der Waals surface area contributed by atoms with E-state index >= 15 is 0 Å². The Kier molecular flexibility index (Phi) is 4.26.